The van der Waals surface area contributed by atoms with Crippen LogP contribution in [0.1, 0.15) is 23.9 Å². The first-order chi connectivity index (χ1) is 10.1. The van der Waals surface area contributed by atoms with Gasteiger partial charge in [0.25, 0.3) is 0 Å². The Morgan fingerprint density at radius 2 is 2.33 bits per heavy atom. The Hall–Kier alpha value is -1.66. The van der Waals surface area contributed by atoms with E-state index in [1.807, 2.05) is 26.8 Å². The molecule has 2 heterocycles. The molecule has 0 aliphatic carbocycles. The molecule has 1 aliphatic rings. The number of morpholine rings is 1. The van der Waals surface area contributed by atoms with Gasteiger partial charge in [-0.1, -0.05) is 0 Å². The maximum atomic E-state index is 12.3. The van der Waals surface area contributed by atoms with Crippen LogP contribution in [0, 0.1) is 13.8 Å². The number of nitrogens with zero attached hydrogens (tertiary/aromatic N) is 2. The van der Waals surface area contributed by atoms with Crippen LogP contribution in [0.2, 0.25) is 0 Å². The minimum atomic E-state index is -0.315. The van der Waals surface area contributed by atoms with E-state index in [9.17, 15) is 4.79 Å². The van der Waals surface area contributed by atoms with Crippen molar-refractivity contribution in [2.75, 3.05) is 31.2 Å². The minimum absolute atomic E-state index is 0.00714. The lowest BCUT2D eigenvalue weighted by atomic mass is 10.1. The number of carbonyl (C=O) groups is 1. The second-order valence-corrected chi connectivity index (χ2v) is 5.23. The maximum absolute atomic E-state index is 12.3. The number of ether oxygens (including phenoxy) is 1. The molecule has 6 nitrogen and oxygen atoms in total. The van der Waals surface area contributed by atoms with Gasteiger partial charge in [0.05, 0.1) is 13.2 Å². The lowest BCUT2D eigenvalue weighted by Crippen LogP contribution is -2.54. The predicted octanol–water partition coefficient (Wildman–Crippen LogP) is 0.498. The second-order valence-electron chi connectivity index (χ2n) is 5.23. The maximum Gasteiger partial charge on any atom is 0.245 e. The number of likely N-dealkylation sites (N-methyl/N-ethyl adjacent to an activating group) is 1. The highest BCUT2D eigenvalue weighted by atomic mass is 16.5. The summed E-state index contributed by atoms with van der Waals surface area (Å²) in [6, 6.07) is 1.69. The molecule has 0 spiro atoms. The fourth-order valence-electron chi connectivity index (χ4n) is 2.74. The van der Waals surface area contributed by atoms with Crippen LogP contribution in [-0.4, -0.2) is 43.2 Å². The zero-order valence-corrected chi connectivity index (χ0v) is 13.0. The first-order valence-electron chi connectivity index (χ1n) is 7.37. The molecule has 1 unspecified atom stereocenters. The monoisotopic (exact) mass is 292 g/mol. The van der Waals surface area contributed by atoms with Crippen molar-refractivity contribution in [2.24, 2.45) is 5.73 Å². The Morgan fingerprint density at radius 3 is 3.00 bits per heavy atom. The molecule has 116 valence electrons. The highest BCUT2D eigenvalue weighted by Gasteiger charge is 2.31. The van der Waals surface area contributed by atoms with E-state index in [1.165, 1.54) is 0 Å². The highest BCUT2D eigenvalue weighted by Crippen LogP contribution is 2.27. The molecule has 1 atom stereocenters. The van der Waals surface area contributed by atoms with E-state index in [0.717, 1.165) is 22.6 Å². The van der Waals surface area contributed by atoms with Crippen molar-refractivity contribution in [1.82, 2.24) is 10.3 Å². The van der Waals surface area contributed by atoms with E-state index in [2.05, 4.69) is 15.2 Å². The predicted molar refractivity (Wildman–Crippen MR) is 82.2 cm³/mol. The second kappa shape index (κ2) is 6.87. The van der Waals surface area contributed by atoms with Gasteiger partial charge in [0.15, 0.2) is 0 Å². The highest BCUT2D eigenvalue weighted by molar-refractivity contribution is 5.86. The molecule has 2 rings (SSSR count). The van der Waals surface area contributed by atoms with Crippen molar-refractivity contribution in [3.05, 3.63) is 23.0 Å². The molecule has 1 aromatic rings. The first-order valence-corrected chi connectivity index (χ1v) is 7.37. The van der Waals surface area contributed by atoms with Crippen molar-refractivity contribution in [3.63, 3.8) is 0 Å². The number of pyridine rings is 1. The smallest absolute Gasteiger partial charge is 0.245 e. The lowest BCUT2D eigenvalue weighted by Gasteiger charge is -2.37. The lowest BCUT2D eigenvalue weighted by molar-refractivity contribution is -0.124. The zero-order chi connectivity index (χ0) is 15.4. The number of nitrogens with two attached hydrogens (primary N) is 1. The van der Waals surface area contributed by atoms with Crippen LogP contribution in [0.25, 0.3) is 0 Å². The van der Waals surface area contributed by atoms with Crippen molar-refractivity contribution < 1.29 is 9.53 Å². The standard InChI is InChI=1S/C15H24N4O2/c1-4-17-15(20)14-9-21-6-5-19(14)13-7-10(2)18-11(3)12(13)8-16/h7,14H,4-6,8-9,16H2,1-3H3,(H,17,20). The van der Waals surface area contributed by atoms with Gasteiger partial charge in [0.2, 0.25) is 5.91 Å². The SMILES string of the molecule is CCNC(=O)C1COCCN1c1cc(C)nc(C)c1CN. The number of nitrogens with one attached hydrogen (secondary N) is 1. The van der Waals surface area contributed by atoms with Gasteiger partial charge in [-0.05, 0) is 26.8 Å². The number of rotatable bonds is 4. The van der Waals surface area contributed by atoms with Crippen molar-refractivity contribution in [3.8, 4) is 0 Å². The summed E-state index contributed by atoms with van der Waals surface area (Å²) in [6.07, 6.45) is 0. The van der Waals surface area contributed by atoms with E-state index < -0.39 is 0 Å². The summed E-state index contributed by atoms with van der Waals surface area (Å²) in [5.41, 5.74) is 9.74. The van der Waals surface area contributed by atoms with Crippen molar-refractivity contribution in [2.45, 2.75) is 33.4 Å². The number of hydrogen-bond donors (Lipinski definition) is 2. The molecule has 6 heteroatoms. The largest absolute Gasteiger partial charge is 0.377 e. The quantitative estimate of drug-likeness (QED) is 0.844. The Morgan fingerprint density at radius 1 is 1.57 bits per heavy atom. The Kier molecular flexibility index (Phi) is 5.14. The average Bonchev–Trinajstić information content (AvgIpc) is 2.47. The molecule has 0 bridgehead atoms. The van der Waals surface area contributed by atoms with Crippen LogP contribution >= 0.6 is 0 Å². The molecule has 0 aromatic carbocycles. The fraction of sp³-hybridized carbons (Fsp3) is 0.600. The number of anilines is 1. The molecule has 1 amide bonds. The van der Waals surface area contributed by atoms with E-state index >= 15 is 0 Å². The number of hydrogen-bond acceptors (Lipinski definition) is 5. The summed E-state index contributed by atoms with van der Waals surface area (Å²) in [5.74, 6) is -0.00714. The third-order valence-corrected chi connectivity index (χ3v) is 3.73. The number of amides is 1. The number of carbonyl (C=O) groups excluding carboxylic acids is 1. The summed E-state index contributed by atoms with van der Waals surface area (Å²) >= 11 is 0. The van der Waals surface area contributed by atoms with Crippen LogP contribution < -0.4 is 16.0 Å². The molecular formula is C15H24N4O2. The van der Waals surface area contributed by atoms with E-state index in [0.29, 0.717) is 32.8 Å². The zero-order valence-electron chi connectivity index (χ0n) is 13.0. The van der Waals surface area contributed by atoms with Crippen molar-refractivity contribution in [1.29, 1.82) is 0 Å². The molecule has 1 aliphatic heterocycles. The van der Waals surface area contributed by atoms with Crippen molar-refractivity contribution >= 4 is 11.6 Å². The molecular weight excluding hydrogens is 268 g/mol. The van der Waals surface area contributed by atoms with Gasteiger partial charge in [-0.15, -0.1) is 0 Å². The van der Waals surface area contributed by atoms with Gasteiger partial charge < -0.3 is 20.7 Å². The van der Waals surface area contributed by atoms with E-state index in [-0.39, 0.29) is 11.9 Å². The average molecular weight is 292 g/mol. The third kappa shape index (κ3) is 3.33. The summed E-state index contributed by atoms with van der Waals surface area (Å²) in [4.78, 5) is 18.8. The molecule has 0 saturated carbocycles. The summed E-state index contributed by atoms with van der Waals surface area (Å²) in [5, 5.41) is 2.87. The summed E-state index contributed by atoms with van der Waals surface area (Å²) in [7, 11) is 0. The van der Waals surface area contributed by atoms with E-state index in [1.54, 1.807) is 0 Å². The van der Waals surface area contributed by atoms with Crippen LogP contribution in [0.5, 0.6) is 0 Å². The van der Waals surface area contributed by atoms with Gasteiger partial charge in [-0.2, -0.15) is 0 Å². The van der Waals surface area contributed by atoms with E-state index in [4.69, 9.17) is 10.5 Å². The Balaban J connectivity index is 2.39. The van der Waals surface area contributed by atoms with Crippen LogP contribution in [0.15, 0.2) is 6.07 Å². The van der Waals surface area contributed by atoms with Crippen LogP contribution in [0.4, 0.5) is 5.69 Å². The van der Waals surface area contributed by atoms with Gasteiger partial charge in [-0.3, -0.25) is 9.78 Å². The normalized spacial score (nSPS) is 18.7. The third-order valence-electron chi connectivity index (χ3n) is 3.73. The molecule has 1 fully saturated rings. The fourth-order valence-corrected chi connectivity index (χ4v) is 2.74. The Labute approximate surface area is 125 Å². The summed E-state index contributed by atoms with van der Waals surface area (Å²) < 4.78 is 5.49. The topological polar surface area (TPSA) is 80.5 Å². The number of aryl methyl sites for hydroxylation is 2. The molecule has 1 aromatic heterocycles. The van der Waals surface area contributed by atoms with Crippen LogP contribution in [-0.2, 0) is 16.1 Å². The number of aromatic nitrogens is 1. The van der Waals surface area contributed by atoms with Gasteiger partial charge in [-0.25, -0.2) is 0 Å². The minimum Gasteiger partial charge on any atom is -0.377 e. The van der Waals surface area contributed by atoms with Crippen LogP contribution in [0.3, 0.4) is 0 Å². The van der Waals surface area contributed by atoms with Gasteiger partial charge >= 0.3 is 0 Å². The Bertz CT molecular complexity index is 519. The molecule has 21 heavy (non-hydrogen) atoms. The molecule has 0 radical (unpaired) electrons. The van der Waals surface area contributed by atoms with Gasteiger partial charge in [0, 0.05) is 42.3 Å². The van der Waals surface area contributed by atoms with Gasteiger partial charge in [0.1, 0.15) is 6.04 Å². The molecule has 3 N–H and O–H groups in total. The molecule has 1 saturated heterocycles. The summed E-state index contributed by atoms with van der Waals surface area (Å²) in [6.45, 7) is 8.54. The first kappa shape index (κ1) is 15.7.